The van der Waals surface area contributed by atoms with Gasteiger partial charge in [0, 0.05) is 15.6 Å². The van der Waals surface area contributed by atoms with Gasteiger partial charge in [-0.15, -0.1) is 24.0 Å². The Balaban J connectivity index is 1.98. The van der Waals surface area contributed by atoms with Crippen molar-refractivity contribution in [3.8, 4) is 16.6 Å². The Hall–Kier alpha value is -3.87. The summed E-state index contributed by atoms with van der Waals surface area (Å²) in [4.78, 5) is 30.8. The summed E-state index contributed by atoms with van der Waals surface area (Å²) in [5, 5.41) is 14.0. The van der Waals surface area contributed by atoms with E-state index in [2.05, 4.69) is 29.0 Å². The number of fused-ring (bicyclic) bond motifs is 2. The molecule has 7 nitrogen and oxygen atoms in total. The summed E-state index contributed by atoms with van der Waals surface area (Å²) >= 11 is 5.77. The first-order valence-corrected chi connectivity index (χ1v) is 11.9. The molecule has 34 heavy (non-hydrogen) atoms. The molecule has 0 fully saturated rings. The normalized spacial score (nSPS) is 15.3. The van der Waals surface area contributed by atoms with E-state index in [-0.39, 0.29) is 16.3 Å². The Bertz CT molecular complexity index is 1570. The fraction of sp³-hybridized carbons (Fsp3) is 0.120. The van der Waals surface area contributed by atoms with Gasteiger partial charge in [-0.2, -0.15) is 5.26 Å². The Morgan fingerprint density at radius 2 is 1.94 bits per heavy atom. The van der Waals surface area contributed by atoms with Gasteiger partial charge in [0.25, 0.3) is 11.8 Å². The molecule has 4 aromatic rings. The van der Waals surface area contributed by atoms with Crippen LogP contribution < -0.4 is 11.1 Å². The third kappa shape index (κ3) is 3.39. The van der Waals surface area contributed by atoms with Crippen molar-refractivity contribution in [2.24, 2.45) is 10.7 Å². The number of imide groups is 1. The van der Waals surface area contributed by atoms with Crippen LogP contribution in [-0.2, 0) is 9.59 Å². The van der Waals surface area contributed by atoms with Gasteiger partial charge in [-0.3, -0.25) is 14.9 Å². The fourth-order valence-electron chi connectivity index (χ4n) is 4.45. The summed E-state index contributed by atoms with van der Waals surface area (Å²) < 4.78 is 3.10. The zero-order valence-electron chi connectivity index (χ0n) is 18.1. The minimum Gasteiger partial charge on any atom is -0.379 e. The highest BCUT2D eigenvalue weighted by Crippen LogP contribution is 2.46. The van der Waals surface area contributed by atoms with Crippen molar-refractivity contribution < 1.29 is 9.59 Å². The summed E-state index contributed by atoms with van der Waals surface area (Å²) in [7, 11) is 0. The second-order valence-corrected chi connectivity index (χ2v) is 9.32. The maximum atomic E-state index is 13.0. The molecule has 0 bridgehead atoms. The second kappa shape index (κ2) is 8.48. The molecule has 2 aromatic carbocycles. The van der Waals surface area contributed by atoms with E-state index in [9.17, 15) is 14.9 Å². The smallest absolute Gasteiger partial charge is 0.269 e. The number of amidine groups is 1. The molecule has 2 amide bonds. The van der Waals surface area contributed by atoms with Gasteiger partial charge >= 0.3 is 0 Å². The van der Waals surface area contributed by atoms with E-state index in [4.69, 9.17) is 5.73 Å². The van der Waals surface area contributed by atoms with E-state index in [0.717, 1.165) is 25.9 Å². The summed E-state index contributed by atoms with van der Waals surface area (Å²) in [6.45, 7) is 1.99. The number of aliphatic imine (C=N–C) groups is 1. The van der Waals surface area contributed by atoms with Crippen LogP contribution in [0.15, 0.2) is 65.2 Å². The van der Waals surface area contributed by atoms with Crippen LogP contribution in [0.25, 0.3) is 37.1 Å². The minimum absolute atomic E-state index is 0.0765. The topological polar surface area (TPSA) is 113 Å². The number of para-hydroxylation sites is 1. The Morgan fingerprint density at radius 3 is 2.65 bits per heavy atom. The zero-order chi connectivity index (χ0) is 24.0. The molecule has 2 aromatic heterocycles. The highest BCUT2D eigenvalue weighted by Gasteiger charge is 2.37. The number of nitrogens with zero attached hydrogens (tertiary/aromatic N) is 3. The molecule has 0 saturated carbocycles. The lowest BCUT2D eigenvalue weighted by molar-refractivity contribution is -0.123. The molecule has 9 heteroatoms. The van der Waals surface area contributed by atoms with Crippen LogP contribution >= 0.6 is 24.0 Å². The molecule has 0 spiro atoms. The van der Waals surface area contributed by atoms with Crippen LogP contribution in [0.2, 0.25) is 0 Å². The van der Waals surface area contributed by atoms with Crippen LogP contribution in [-0.4, -0.2) is 21.5 Å². The highest BCUT2D eigenvalue weighted by atomic mass is 32.1. The zero-order valence-corrected chi connectivity index (χ0v) is 19.8. The maximum Gasteiger partial charge on any atom is 0.269 e. The molecule has 0 radical (unpaired) electrons. The van der Waals surface area contributed by atoms with Gasteiger partial charge in [0.2, 0.25) is 0 Å². The minimum atomic E-state index is -0.689. The Morgan fingerprint density at radius 1 is 1.21 bits per heavy atom. The van der Waals surface area contributed by atoms with E-state index >= 15 is 0 Å². The molecule has 1 atom stereocenters. The number of amides is 2. The van der Waals surface area contributed by atoms with Crippen molar-refractivity contribution >= 4 is 67.5 Å². The summed E-state index contributed by atoms with van der Waals surface area (Å²) in [6, 6.07) is 19.6. The molecule has 1 unspecified atom stereocenters. The first kappa shape index (κ1) is 21.9. The number of thiol groups is 1. The standard InChI is InChI=1S/C25H19N5O2S2/c1-2-19(28-25(27)33)30-16-9-5-4-8-14(16)20(21-15(12-26)23(31)29-24(21)32)22(30)18-11-13-7-3-6-10-17(13)34-18/h3-11,19H,2H2,1H3,(H3,27,28,33)(H,29,31,32). The SMILES string of the molecule is CCC(N=C(N)S)n1c(-c2cc3ccccc3s2)c(C2=C(C#N)C(=O)NC2=O)c2ccccc21. The van der Waals surface area contributed by atoms with E-state index in [0.29, 0.717) is 17.7 Å². The number of aromatic nitrogens is 1. The number of carbonyl (C=O) groups excluding carboxylic acids is 2. The Labute approximate surface area is 204 Å². The lowest BCUT2D eigenvalue weighted by atomic mass is 9.98. The summed E-state index contributed by atoms with van der Waals surface area (Å²) in [5.41, 5.74) is 7.79. The number of rotatable bonds is 5. The lowest BCUT2D eigenvalue weighted by Crippen LogP contribution is -2.22. The molecular formula is C25H19N5O2S2. The molecule has 0 saturated heterocycles. The lowest BCUT2D eigenvalue weighted by Gasteiger charge is -2.18. The van der Waals surface area contributed by atoms with Crippen LogP contribution in [0.4, 0.5) is 0 Å². The molecule has 3 N–H and O–H groups in total. The van der Waals surface area contributed by atoms with Gasteiger partial charge in [-0.25, -0.2) is 4.99 Å². The molecule has 0 aliphatic carbocycles. The van der Waals surface area contributed by atoms with E-state index in [1.165, 1.54) is 0 Å². The van der Waals surface area contributed by atoms with Gasteiger partial charge in [-0.1, -0.05) is 43.3 Å². The number of hydrogen-bond donors (Lipinski definition) is 3. The first-order chi connectivity index (χ1) is 16.4. The molecule has 168 valence electrons. The Kier molecular flexibility index (Phi) is 5.48. The van der Waals surface area contributed by atoms with E-state index < -0.39 is 18.0 Å². The van der Waals surface area contributed by atoms with Gasteiger partial charge in [0.1, 0.15) is 17.8 Å². The van der Waals surface area contributed by atoms with Crippen molar-refractivity contribution in [2.75, 3.05) is 0 Å². The predicted octanol–water partition coefficient (Wildman–Crippen LogP) is 4.61. The van der Waals surface area contributed by atoms with Crippen LogP contribution in [0.1, 0.15) is 25.1 Å². The second-order valence-electron chi connectivity index (χ2n) is 7.78. The van der Waals surface area contributed by atoms with Gasteiger partial charge in [0.05, 0.1) is 21.7 Å². The molecule has 5 rings (SSSR count). The number of benzene rings is 2. The third-order valence-corrected chi connectivity index (χ3v) is 7.05. The van der Waals surface area contributed by atoms with Gasteiger partial charge < -0.3 is 10.3 Å². The monoisotopic (exact) mass is 485 g/mol. The number of nitrogens with two attached hydrogens (primary N) is 1. The summed E-state index contributed by atoms with van der Waals surface area (Å²) in [5.74, 6) is -1.27. The van der Waals surface area contributed by atoms with E-state index in [1.54, 1.807) is 11.3 Å². The molecule has 3 heterocycles. The van der Waals surface area contributed by atoms with Crippen LogP contribution in [0.3, 0.4) is 0 Å². The molecule has 1 aliphatic rings. The van der Waals surface area contributed by atoms with Crippen LogP contribution in [0, 0.1) is 11.3 Å². The van der Waals surface area contributed by atoms with Gasteiger partial charge in [-0.05, 0) is 30.0 Å². The highest BCUT2D eigenvalue weighted by molar-refractivity contribution is 7.96. The summed E-state index contributed by atoms with van der Waals surface area (Å²) in [6.07, 6.45) is 0.190. The number of hydrogen-bond acceptors (Lipinski definition) is 5. The number of thiophene rings is 1. The largest absolute Gasteiger partial charge is 0.379 e. The van der Waals surface area contributed by atoms with Crippen LogP contribution in [0.5, 0.6) is 0 Å². The first-order valence-electron chi connectivity index (χ1n) is 10.6. The number of nitriles is 1. The molecule has 1 aliphatic heterocycles. The van der Waals surface area contributed by atoms with Crippen molar-refractivity contribution in [3.63, 3.8) is 0 Å². The van der Waals surface area contributed by atoms with Crippen molar-refractivity contribution in [2.45, 2.75) is 19.5 Å². The third-order valence-electron chi connectivity index (χ3n) is 5.81. The van der Waals surface area contributed by atoms with Crippen molar-refractivity contribution in [1.82, 2.24) is 9.88 Å². The average Bonchev–Trinajstić information content (AvgIpc) is 3.47. The molecular weight excluding hydrogens is 466 g/mol. The van der Waals surface area contributed by atoms with E-state index in [1.807, 2.05) is 66.1 Å². The average molecular weight is 486 g/mol. The van der Waals surface area contributed by atoms with Gasteiger partial charge in [0.15, 0.2) is 5.17 Å². The maximum absolute atomic E-state index is 13.0. The fourth-order valence-corrected chi connectivity index (χ4v) is 5.70. The predicted molar refractivity (Wildman–Crippen MR) is 138 cm³/mol. The quantitative estimate of drug-likeness (QED) is 0.166. The van der Waals surface area contributed by atoms with Crippen molar-refractivity contribution in [1.29, 1.82) is 5.26 Å². The number of nitrogens with one attached hydrogen (secondary N) is 1. The van der Waals surface area contributed by atoms with Crippen molar-refractivity contribution in [3.05, 3.63) is 65.7 Å². The number of carbonyl (C=O) groups is 2.